The average Bonchev–Trinajstić information content (AvgIpc) is 2.29. The Labute approximate surface area is 99.0 Å². The summed E-state index contributed by atoms with van der Waals surface area (Å²) in [5.41, 5.74) is 1.27. The smallest absolute Gasteiger partial charge is 0.119 e. The standard InChI is InChI=1S/C14H23NO/c1-11(2)12(3)9-15-10-13-6-5-7-14(8-13)16-4/h5-8,11-12,15H,9-10H2,1-4H3. The van der Waals surface area contributed by atoms with Gasteiger partial charge in [-0.05, 0) is 36.1 Å². The zero-order valence-electron chi connectivity index (χ0n) is 10.8. The summed E-state index contributed by atoms with van der Waals surface area (Å²) in [6.45, 7) is 8.78. The number of hydrogen-bond donors (Lipinski definition) is 1. The molecule has 1 N–H and O–H groups in total. The van der Waals surface area contributed by atoms with Crippen molar-refractivity contribution in [3.8, 4) is 5.75 Å². The molecule has 1 atom stereocenters. The van der Waals surface area contributed by atoms with Crippen LogP contribution in [0, 0.1) is 11.8 Å². The van der Waals surface area contributed by atoms with Crippen LogP contribution in [0.3, 0.4) is 0 Å². The first-order valence-corrected chi connectivity index (χ1v) is 5.97. The van der Waals surface area contributed by atoms with E-state index in [2.05, 4.69) is 38.2 Å². The lowest BCUT2D eigenvalue weighted by Crippen LogP contribution is -2.23. The molecule has 0 saturated heterocycles. The Morgan fingerprint density at radius 1 is 1.25 bits per heavy atom. The van der Waals surface area contributed by atoms with Crippen LogP contribution in [0.5, 0.6) is 5.75 Å². The van der Waals surface area contributed by atoms with Crippen LogP contribution in [-0.4, -0.2) is 13.7 Å². The van der Waals surface area contributed by atoms with E-state index in [0.717, 1.165) is 24.8 Å². The fourth-order valence-electron chi connectivity index (χ4n) is 1.46. The molecule has 0 bridgehead atoms. The van der Waals surface area contributed by atoms with Crippen molar-refractivity contribution in [2.24, 2.45) is 11.8 Å². The van der Waals surface area contributed by atoms with Crippen molar-refractivity contribution < 1.29 is 4.74 Å². The summed E-state index contributed by atoms with van der Waals surface area (Å²) < 4.78 is 5.19. The van der Waals surface area contributed by atoms with E-state index < -0.39 is 0 Å². The van der Waals surface area contributed by atoms with Crippen LogP contribution in [-0.2, 0) is 6.54 Å². The topological polar surface area (TPSA) is 21.3 Å². The van der Waals surface area contributed by atoms with Gasteiger partial charge in [0.2, 0.25) is 0 Å². The van der Waals surface area contributed by atoms with Crippen LogP contribution in [0.1, 0.15) is 26.3 Å². The summed E-state index contributed by atoms with van der Waals surface area (Å²) in [7, 11) is 1.70. The molecule has 0 fully saturated rings. The second-order valence-electron chi connectivity index (χ2n) is 4.70. The monoisotopic (exact) mass is 221 g/mol. The van der Waals surface area contributed by atoms with Gasteiger partial charge in [-0.15, -0.1) is 0 Å². The Kier molecular flexibility index (Phi) is 5.33. The minimum atomic E-state index is 0.714. The van der Waals surface area contributed by atoms with Gasteiger partial charge in [-0.3, -0.25) is 0 Å². The Bertz CT molecular complexity index is 309. The average molecular weight is 221 g/mol. The number of hydrogen-bond acceptors (Lipinski definition) is 2. The molecule has 0 heterocycles. The zero-order valence-corrected chi connectivity index (χ0v) is 10.8. The molecule has 1 rings (SSSR count). The van der Waals surface area contributed by atoms with Crippen molar-refractivity contribution in [1.82, 2.24) is 5.32 Å². The van der Waals surface area contributed by atoms with Crippen molar-refractivity contribution in [2.75, 3.05) is 13.7 Å². The largest absolute Gasteiger partial charge is 0.497 e. The molecule has 1 unspecified atom stereocenters. The number of rotatable bonds is 6. The second-order valence-corrected chi connectivity index (χ2v) is 4.70. The Hall–Kier alpha value is -1.02. The van der Waals surface area contributed by atoms with E-state index in [9.17, 15) is 0 Å². The molecule has 0 aliphatic rings. The van der Waals surface area contributed by atoms with Crippen LogP contribution in [0.2, 0.25) is 0 Å². The predicted molar refractivity (Wildman–Crippen MR) is 68.7 cm³/mol. The summed E-state index contributed by atoms with van der Waals surface area (Å²) in [5, 5.41) is 3.48. The lowest BCUT2D eigenvalue weighted by atomic mass is 9.98. The lowest BCUT2D eigenvalue weighted by Gasteiger charge is -2.16. The highest BCUT2D eigenvalue weighted by atomic mass is 16.5. The molecule has 0 amide bonds. The first kappa shape index (κ1) is 13.0. The fourth-order valence-corrected chi connectivity index (χ4v) is 1.46. The molecule has 1 aromatic rings. The van der Waals surface area contributed by atoms with Crippen molar-refractivity contribution in [3.05, 3.63) is 29.8 Å². The van der Waals surface area contributed by atoms with Crippen LogP contribution >= 0.6 is 0 Å². The summed E-state index contributed by atoms with van der Waals surface area (Å²) in [6.07, 6.45) is 0. The molecular weight excluding hydrogens is 198 g/mol. The van der Waals surface area contributed by atoms with Gasteiger partial charge < -0.3 is 10.1 Å². The summed E-state index contributed by atoms with van der Waals surface area (Å²) >= 11 is 0. The first-order chi connectivity index (χ1) is 7.63. The number of ether oxygens (including phenoxy) is 1. The van der Waals surface area contributed by atoms with Crippen molar-refractivity contribution in [2.45, 2.75) is 27.3 Å². The molecule has 2 nitrogen and oxygen atoms in total. The van der Waals surface area contributed by atoms with Crippen LogP contribution in [0.4, 0.5) is 0 Å². The van der Waals surface area contributed by atoms with Crippen molar-refractivity contribution >= 4 is 0 Å². The van der Waals surface area contributed by atoms with Gasteiger partial charge in [-0.2, -0.15) is 0 Å². The predicted octanol–water partition coefficient (Wildman–Crippen LogP) is 3.08. The van der Waals surface area contributed by atoms with Crippen LogP contribution in [0.15, 0.2) is 24.3 Å². The number of methoxy groups -OCH3 is 1. The van der Waals surface area contributed by atoms with E-state index in [-0.39, 0.29) is 0 Å². The Balaban J connectivity index is 2.37. The van der Waals surface area contributed by atoms with Gasteiger partial charge in [-0.1, -0.05) is 32.9 Å². The van der Waals surface area contributed by atoms with E-state index in [1.54, 1.807) is 7.11 Å². The minimum Gasteiger partial charge on any atom is -0.497 e. The van der Waals surface area contributed by atoms with Crippen LogP contribution in [0.25, 0.3) is 0 Å². The van der Waals surface area contributed by atoms with E-state index in [1.807, 2.05) is 12.1 Å². The van der Waals surface area contributed by atoms with Gasteiger partial charge in [0.1, 0.15) is 5.75 Å². The summed E-state index contributed by atoms with van der Waals surface area (Å²) in [5.74, 6) is 2.37. The highest BCUT2D eigenvalue weighted by Gasteiger charge is 2.05. The second kappa shape index (κ2) is 6.54. The van der Waals surface area contributed by atoms with Gasteiger partial charge in [0.25, 0.3) is 0 Å². The zero-order chi connectivity index (χ0) is 12.0. The number of benzene rings is 1. The van der Waals surface area contributed by atoms with E-state index in [4.69, 9.17) is 4.74 Å². The highest BCUT2D eigenvalue weighted by molar-refractivity contribution is 5.28. The molecule has 0 radical (unpaired) electrons. The SMILES string of the molecule is COc1cccc(CNCC(C)C(C)C)c1. The van der Waals surface area contributed by atoms with Crippen LogP contribution < -0.4 is 10.1 Å². The molecular formula is C14H23NO. The van der Waals surface area contributed by atoms with Crippen molar-refractivity contribution in [1.29, 1.82) is 0 Å². The van der Waals surface area contributed by atoms with E-state index >= 15 is 0 Å². The maximum absolute atomic E-state index is 5.19. The third-order valence-electron chi connectivity index (χ3n) is 3.07. The molecule has 0 saturated carbocycles. The Morgan fingerprint density at radius 2 is 2.00 bits per heavy atom. The molecule has 16 heavy (non-hydrogen) atoms. The minimum absolute atomic E-state index is 0.714. The third-order valence-corrected chi connectivity index (χ3v) is 3.07. The van der Waals surface area contributed by atoms with Gasteiger partial charge in [0.15, 0.2) is 0 Å². The fraction of sp³-hybridized carbons (Fsp3) is 0.571. The summed E-state index contributed by atoms with van der Waals surface area (Å²) in [6, 6.07) is 8.20. The molecule has 2 heteroatoms. The summed E-state index contributed by atoms with van der Waals surface area (Å²) in [4.78, 5) is 0. The van der Waals surface area contributed by atoms with Gasteiger partial charge in [0.05, 0.1) is 7.11 Å². The van der Waals surface area contributed by atoms with Crippen molar-refractivity contribution in [3.63, 3.8) is 0 Å². The van der Waals surface area contributed by atoms with Gasteiger partial charge >= 0.3 is 0 Å². The maximum atomic E-state index is 5.19. The van der Waals surface area contributed by atoms with Gasteiger partial charge in [-0.25, -0.2) is 0 Å². The highest BCUT2D eigenvalue weighted by Crippen LogP contribution is 2.13. The van der Waals surface area contributed by atoms with E-state index in [0.29, 0.717) is 5.92 Å². The first-order valence-electron chi connectivity index (χ1n) is 5.97. The van der Waals surface area contributed by atoms with E-state index in [1.165, 1.54) is 5.56 Å². The molecule has 0 aromatic heterocycles. The molecule has 0 aliphatic heterocycles. The molecule has 1 aromatic carbocycles. The normalized spacial score (nSPS) is 12.8. The molecule has 0 aliphatic carbocycles. The van der Waals surface area contributed by atoms with Gasteiger partial charge in [0, 0.05) is 6.54 Å². The maximum Gasteiger partial charge on any atom is 0.119 e. The number of nitrogens with one attached hydrogen (secondary N) is 1. The molecule has 0 spiro atoms. The third kappa shape index (κ3) is 4.23. The Morgan fingerprint density at radius 3 is 2.62 bits per heavy atom. The molecule has 90 valence electrons. The lowest BCUT2D eigenvalue weighted by molar-refractivity contribution is 0.391. The quantitative estimate of drug-likeness (QED) is 0.797.